The van der Waals surface area contributed by atoms with E-state index in [1.54, 1.807) is 24.3 Å². The van der Waals surface area contributed by atoms with Crippen molar-refractivity contribution in [2.75, 3.05) is 44.8 Å². The predicted octanol–water partition coefficient (Wildman–Crippen LogP) is 0.876. The molecule has 0 bridgehead atoms. The van der Waals surface area contributed by atoms with Gasteiger partial charge in [0.2, 0.25) is 15.9 Å². The number of sulfonamides is 1. The van der Waals surface area contributed by atoms with Gasteiger partial charge in [-0.05, 0) is 30.3 Å². The van der Waals surface area contributed by atoms with E-state index in [1.807, 2.05) is 0 Å². The van der Waals surface area contributed by atoms with E-state index in [0.29, 0.717) is 30.2 Å². The average Bonchev–Trinajstić information content (AvgIpc) is 3.09. The second-order valence-corrected chi connectivity index (χ2v) is 10.3. The molecular formula is C23H24N4O7S. The summed E-state index contributed by atoms with van der Waals surface area (Å²) >= 11 is 0. The molecule has 0 aliphatic carbocycles. The van der Waals surface area contributed by atoms with Gasteiger partial charge in [0.1, 0.15) is 12.3 Å². The second kappa shape index (κ2) is 8.95. The molecule has 12 heteroatoms. The van der Waals surface area contributed by atoms with Gasteiger partial charge in [-0.25, -0.2) is 13.2 Å². The first-order valence-electron chi connectivity index (χ1n) is 11.2. The molecule has 3 aliphatic heterocycles. The normalized spacial score (nSPS) is 22.5. The van der Waals surface area contributed by atoms with Gasteiger partial charge < -0.3 is 20.1 Å². The maximum Gasteiger partial charge on any atom is 0.325 e. The van der Waals surface area contributed by atoms with Gasteiger partial charge in [-0.2, -0.15) is 4.31 Å². The molecule has 184 valence electrons. The number of carbonyl (C=O) groups is 3. The fourth-order valence-electron chi connectivity index (χ4n) is 4.51. The summed E-state index contributed by atoms with van der Waals surface area (Å²) in [7, 11) is -3.66. The lowest BCUT2D eigenvalue weighted by atomic mass is 9.84. The van der Waals surface area contributed by atoms with Crippen LogP contribution in [0.4, 0.5) is 10.5 Å². The fourth-order valence-corrected chi connectivity index (χ4v) is 5.91. The van der Waals surface area contributed by atoms with Crippen molar-refractivity contribution in [3.63, 3.8) is 0 Å². The molecule has 5 rings (SSSR count). The monoisotopic (exact) mass is 500 g/mol. The lowest BCUT2D eigenvalue weighted by molar-refractivity contribution is -0.135. The van der Waals surface area contributed by atoms with Crippen LogP contribution < -0.4 is 15.4 Å². The van der Waals surface area contributed by atoms with Gasteiger partial charge in [0.15, 0.2) is 5.54 Å². The van der Waals surface area contributed by atoms with Crippen molar-refractivity contribution >= 4 is 33.6 Å². The zero-order chi connectivity index (χ0) is 24.6. The van der Waals surface area contributed by atoms with E-state index in [4.69, 9.17) is 9.47 Å². The van der Waals surface area contributed by atoms with Crippen LogP contribution in [-0.2, 0) is 29.9 Å². The number of para-hydroxylation sites is 1. The van der Waals surface area contributed by atoms with Crippen molar-refractivity contribution in [2.45, 2.75) is 16.9 Å². The van der Waals surface area contributed by atoms with Crippen LogP contribution >= 0.6 is 0 Å². The molecule has 0 unspecified atom stereocenters. The third kappa shape index (κ3) is 4.13. The van der Waals surface area contributed by atoms with Crippen LogP contribution in [-0.4, -0.2) is 74.9 Å². The van der Waals surface area contributed by atoms with Crippen molar-refractivity contribution < 1.29 is 32.3 Å². The first kappa shape index (κ1) is 23.3. The minimum Gasteiger partial charge on any atom is -0.493 e. The maximum atomic E-state index is 13.3. The van der Waals surface area contributed by atoms with Gasteiger partial charge in [-0.15, -0.1) is 0 Å². The number of morpholine rings is 1. The zero-order valence-corrected chi connectivity index (χ0v) is 19.5. The number of amides is 4. The number of rotatable bonds is 5. The molecule has 35 heavy (non-hydrogen) atoms. The van der Waals surface area contributed by atoms with E-state index < -0.39 is 40.0 Å². The second-order valence-electron chi connectivity index (χ2n) is 8.41. The molecule has 2 aromatic carbocycles. The Balaban J connectivity index is 1.26. The van der Waals surface area contributed by atoms with Crippen molar-refractivity contribution in [2.24, 2.45) is 0 Å². The fraction of sp³-hybridized carbons (Fsp3) is 0.348. The average molecular weight is 501 g/mol. The maximum absolute atomic E-state index is 13.3. The molecule has 0 radical (unpaired) electrons. The number of benzene rings is 2. The SMILES string of the molecule is O=C(CN1C(=O)N[C@@]2(CCOc3ccccc32)C1=O)Nc1ccc(S(=O)(=O)N2CCOCC2)cc1. The molecular weight excluding hydrogens is 476 g/mol. The number of fused-ring (bicyclic) bond motifs is 2. The van der Waals surface area contributed by atoms with Crippen molar-refractivity contribution in [3.05, 3.63) is 54.1 Å². The van der Waals surface area contributed by atoms with Gasteiger partial charge in [-0.3, -0.25) is 14.5 Å². The van der Waals surface area contributed by atoms with Gasteiger partial charge in [0.25, 0.3) is 5.91 Å². The molecule has 3 heterocycles. The van der Waals surface area contributed by atoms with E-state index in [1.165, 1.54) is 28.6 Å². The Morgan fingerprint density at radius 2 is 1.74 bits per heavy atom. The Bertz CT molecular complexity index is 1280. The number of nitrogens with one attached hydrogen (secondary N) is 2. The van der Waals surface area contributed by atoms with Gasteiger partial charge in [0, 0.05) is 30.8 Å². The summed E-state index contributed by atoms with van der Waals surface area (Å²) in [5, 5.41) is 5.36. The molecule has 1 spiro atoms. The molecule has 0 saturated carbocycles. The number of imide groups is 1. The van der Waals surface area contributed by atoms with Crippen molar-refractivity contribution in [3.8, 4) is 5.75 Å². The topological polar surface area (TPSA) is 134 Å². The summed E-state index contributed by atoms with van der Waals surface area (Å²) < 4.78 is 37.6. The number of hydrogen-bond acceptors (Lipinski definition) is 7. The third-order valence-corrected chi connectivity index (χ3v) is 8.22. The van der Waals surface area contributed by atoms with Crippen LogP contribution in [0.15, 0.2) is 53.4 Å². The molecule has 3 aliphatic rings. The summed E-state index contributed by atoms with van der Waals surface area (Å²) in [6, 6.07) is 12.1. The zero-order valence-electron chi connectivity index (χ0n) is 18.7. The highest BCUT2D eigenvalue weighted by atomic mass is 32.2. The summed E-state index contributed by atoms with van der Waals surface area (Å²) in [5.74, 6) is -0.583. The summed E-state index contributed by atoms with van der Waals surface area (Å²) in [6.45, 7) is 1.02. The molecule has 2 N–H and O–H groups in total. The highest BCUT2D eigenvalue weighted by Crippen LogP contribution is 2.40. The Morgan fingerprint density at radius 3 is 2.49 bits per heavy atom. The minimum absolute atomic E-state index is 0.103. The van der Waals surface area contributed by atoms with E-state index in [-0.39, 0.29) is 31.0 Å². The quantitative estimate of drug-likeness (QED) is 0.582. The Hall–Kier alpha value is -3.48. The number of nitrogens with zero attached hydrogens (tertiary/aromatic N) is 2. The highest BCUT2D eigenvalue weighted by molar-refractivity contribution is 7.89. The molecule has 11 nitrogen and oxygen atoms in total. The molecule has 0 aromatic heterocycles. The first-order valence-corrected chi connectivity index (χ1v) is 12.6. The number of ether oxygens (including phenoxy) is 2. The lowest BCUT2D eigenvalue weighted by Gasteiger charge is -2.33. The summed E-state index contributed by atoms with van der Waals surface area (Å²) in [6.07, 6.45) is 0.256. The molecule has 4 amide bonds. The van der Waals surface area contributed by atoms with Crippen molar-refractivity contribution in [1.29, 1.82) is 0 Å². The molecule has 1 atom stereocenters. The number of anilines is 1. The molecule has 2 fully saturated rings. The van der Waals surface area contributed by atoms with Crippen LogP contribution in [0.1, 0.15) is 12.0 Å². The van der Waals surface area contributed by atoms with Crippen LogP contribution in [0.3, 0.4) is 0 Å². The number of carbonyl (C=O) groups excluding carboxylic acids is 3. The van der Waals surface area contributed by atoms with E-state index in [9.17, 15) is 22.8 Å². The largest absolute Gasteiger partial charge is 0.493 e. The van der Waals surface area contributed by atoms with Crippen LogP contribution in [0.25, 0.3) is 0 Å². The van der Waals surface area contributed by atoms with Crippen molar-refractivity contribution in [1.82, 2.24) is 14.5 Å². The number of hydrogen-bond donors (Lipinski definition) is 2. The van der Waals surface area contributed by atoms with Crippen LogP contribution in [0.2, 0.25) is 0 Å². The smallest absolute Gasteiger partial charge is 0.325 e. The minimum atomic E-state index is -3.66. The summed E-state index contributed by atoms with van der Waals surface area (Å²) in [4.78, 5) is 39.6. The summed E-state index contributed by atoms with van der Waals surface area (Å²) in [5.41, 5.74) is -0.361. The van der Waals surface area contributed by atoms with Crippen LogP contribution in [0.5, 0.6) is 5.75 Å². The van der Waals surface area contributed by atoms with Gasteiger partial charge in [0.05, 0.1) is 24.7 Å². The Kier molecular flexibility index (Phi) is 5.95. The Labute approximate surface area is 202 Å². The predicted molar refractivity (Wildman–Crippen MR) is 123 cm³/mol. The third-order valence-electron chi connectivity index (χ3n) is 6.30. The number of urea groups is 1. The van der Waals surface area contributed by atoms with E-state index in [2.05, 4.69) is 10.6 Å². The standard InChI is InChI=1S/C23H24N4O7S/c28-20(24-16-5-7-17(8-6-16)35(31,32)26-10-13-33-14-11-26)15-27-21(29)23(25-22(27)30)9-12-34-19-4-2-1-3-18(19)23/h1-8H,9-15H2,(H,24,28)(H,25,30)/t23-/m1/s1. The highest BCUT2D eigenvalue weighted by Gasteiger charge is 2.55. The first-order chi connectivity index (χ1) is 16.8. The van der Waals surface area contributed by atoms with Gasteiger partial charge >= 0.3 is 6.03 Å². The van der Waals surface area contributed by atoms with E-state index >= 15 is 0 Å². The molecule has 2 aromatic rings. The molecule has 2 saturated heterocycles. The lowest BCUT2D eigenvalue weighted by Crippen LogP contribution is -2.48. The van der Waals surface area contributed by atoms with E-state index in [0.717, 1.165) is 4.90 Å². The van der Waals surface area contributed by atoms with Gasteiger partial charge in [-0.1, -0.05) is 18.2 Å². The Morgan fingerprint density at radius 1 is 1.03 bits per heavy atom. The van der Waals surface area contributed by atoms with Crippen LogP contribution in [0, 0.1) is 0 Å².